The number of hydrogen-bond donors (Lipinski definition) is 1. The number of aryl methyl sites for hydroxylation is 1. The van der Waals surface area contributed by atoms with Gasteiger partial charge in [0.05, 0.1) is 22.5 Å². The fourth-order valence-electron chi connectivity index (χ4n) is 2.55. The zero-order valence-corrected chi connectivity index (χ0v) is 13.1. The van der Waals surface area contributed by atoms with Crippen molar-refractivity contribution in [3.05, 3.63) is 64.5 Å². The number of nitrogens with zero attached hydrogens (tertiary/aromatic N) is 3. The van der Waals surface area contributed by atoms with Gasteiger partial charge in [0.1, 0.15) is 24.3 Å². The Hall–Kier alpha value is -2.93. The minimum Gasteiger partial charge on any atom is -0.491 e. The number of fused-ring (bicyclic) bond motifs is 1. The normalized spacial score (nSPS) is 12.2. The number of aliphatic hydroxyl groups excluding tert-OH is 1. The summed E-state index contributed by atoms with van der Waals surface area (Å²) in [5, 5.41) is 20.8. The van der Waals surface area contributed by atoms with E-state index in [9.17, 15) is 15.2 Å². The maximum Gasteiger partial charge on any atom is 0.269 e. The van der Waals surface area contributed by atoms with Crippen LogP contribution < -0.4 is 4.74 Å². The van der Waals surface area contributed by atoms with Crippen molar-refractivity contribution in [2.24, 2.45) is 0 Å². The van der Waals surface area contributed by atoms with E-state index in [1.54, 1.807) is 0 Å². The first-order valence-electron chi connectivity index (χ1n) is 7.52. The fraction of sp³-hybridized carbons (Fsp3) is 0.235. The van der Waals surface area contributed by atoms with Crippen LogP contribution in [-0.4, -0.2) is 32.3 Å². The van der Waals surface area contributed by atoms with Crippen LogP contribution in [0.5, 0.6) is 5.75 Å². The van der Waals surface area contributed by atoms with Crippen molar-refractivity contribution in [2.45, 2.75) is 19.6 Å². The van der Waals surface area contributed by atoms with Crippen LogP contribution in [0.1, 0.15) is 5.82 Å². The molecular formula is C17H17N3O4. The number of rotatable bonds is 6. The molecular weight excluding hydrogens is 310 g/mol. The Bertz CT molecular complexity index is 858. The molecule has 0 aliphatic carbocycles. The summed E-state index contributed by atoms with van der Waals surface area (Å²) in [7, 11) is 0. The predicted octanol–water partition coefficient (Wildman–Crippen LogP) is 2.69. The van der Waals surface area contributed by atoms with E-state index < -0.39 is 11.0 Å². The lowest BCUT2D eigenvalue weighted by atomic mass is 10.3. The number of aliphatic hydroxyl groups is 1. The Morgan fingerprint density at radius 3 is 2.67 bits per heavy atom. The number of hydrogen-bond acceptors (Lipinski definition) is 5. The number of non-ortho nitro benzene ring substituents is 1. The van der Waals surface area contributed by atoms with Gasteiger partial charge in [0.15, 0.2) is 0 Å². The van der Waals surface area contributed by atoms with Crippen molar-refractivity contribution < 1.29 is 14.8 Å². The topological polar surface area (TPSA) is 90.4 Å². The van der Waals surface area contributed by atoms with Gasteiger partial charge >= 0.3 is 0 Å². The third-order valence-electron chi connectivity index (χ3n) is 3.73. The molecule has 0 saturated carbocycles. The molecule has 1 N–H and O–H groups in total. The van der Waals surface area contributed by atoms with Gasteiger partial charge in [-0.05, 0) is 31.2 Å². The summed E-state index contributed by atoms with van der Waals surface area (Å²) in [6.45, 7) is 2.34. The van der Waals surface area contributed by atoms with Crippen molar-refractivity contribution >= 4 is 16.7 Å². The maximum atomic E-state index is 10.6. The fourth-order valence-corrected chi connectivity index (χ4v) is 2.55. The summed E-state index contributed by atoms with van der Waals surface area (Å²) >= 11 is 0. The van der Waals surface area contributed by atoms with E-state index in [1.165, 1.54) is 24.3 Å². The number of ether oxygens (including phenoxy) is 1. The molecule has 24 heavy (non-hydrogen) atoms. The van der Waals surface area contributed by atoms with Crippen LogP contribution in [0, 0.1) is 17.0 Å². The van der Waals surface area contributed by atoms with Gasteiger partial charge in [0.2, 0.25) is 0 Å². The van der Waals surface area contributed by atoms with E-state index in [-0.39, 0.29) is 12.3 Å². The van der Waals surface area contributed by atoms with Crippen LogP contribution in [0.4, 0.5) is 5.69 Å². The van der Waals surface area contributed by atoms with Crippen molar-refractivity contribution in [3.8, 4) is 5.75 Å². The lowest BCUT2D eigenvalue weighted by Gasteiger charge is -2.14. The molecule has 1 aromatic heterocycles. The molecule has 0 bridgehead atoms. The van der Waals surface area contributed by atoms with Gasteiger partial charge in [-0.3, -0.25) is 10.1 Å². The van der Waals surface area contributed by atoms with E-state index in [0.29, 0.717) is 12.3 Å². The number of aromatic nitrogens is 2. The highest BCUT2D eigenvalue weighted by molar-refractivity contribution is 5.75. The van der Waals surface area contributed by atoms with Gasteiger partial charge in [-0.15, -0.1) is 0 Å². The minimum absolute atomic E-state index is 0.00316. The Balaban J connectivity index is 1.64. The molecule has 124 valence electrons. The predicted molar refractivity (Wildman–Crippen MR) is 89.1 cm³/mol. The quantitative estimate of drug-likeness (QED) is 0.555. The van der Waals surface area contributed by atoms with Gasteiger partial charge in [-0.25, -0.2) is 4.98 Å². The number of para-hydroxylation sites is 2. The molecule has 1 heterocycles. The summed E-state index contributed by atoms with van der Waals surface area (Å²) in [6.07, 6.45) is -0.725. The van der Waals surface area contributed by atoms with Crippen molar-refractivity contribution in [1.29, 1.82) is 0 Å². The summed E-state index contributed by atoms with van der Waals surface area (Å²) in [5.74, 6) is 1.30. The van der Waals surface area contributed by atoms with Gasteiger partial charge in [-0.2, -0.15) is 0 Å². The molecule has 0 saturated heterocycles. The first-order chi connectivity index (χ1) is 11.5. The third-order valence-corrected chi connectivity index (χ3v) is 3.73. The Kier molecular flexibility index (Phi) is 4.43. The summed E-state index contributed by atoms with van der Waals surface area (Å²) in [4.78, 5) is 14.6. The Morgan fingerprint density at radius 1 is 1.25 bits per heavy atom. The summed E-state index contributed by atoms with van der Waals surface area (Å²) < 4.78 is 7.44. The van der Waals surface area contributed by atoms with Crippen molar-refractivity contribution in [1.82, 2.24) is 9.55 Å². The molecule has 0 aliphatic rings. The first kappa shape index (κ1) is 15.9. The molecule has 0 aliphatic heterocycles. The molecule has 7 heteroatoms. The lowest BCUT2D eigenvalue weighted by molar-refractivity contribution is -0.384. The molecule has 2 aromatic carbocycles. The number of nitro groups is 1. The van der Waals surface area contributed by atoms with Gasteiger partial charge < -0.3 is 14.4 Å². The average molecular weight is 327 g/mol. The number of imidazole rings is 1. The highest BCUT2D eigenvalue weighted by Crippen LogP contribution is 2.18. The standard InChI is InChI=1S/C17H17N3O4/c1-12-18-16-4-2-3-5-17(16)19(12)10-14(21)11-24-15-8-6-13(7-9-15)20(22)23/h2-9,14,21H,10-11H2,1H3/t14-/m0/s1. The molecule has 0 fully saturated rings. The molecule has 0 spiro atoms. The number of nitro benzene ring substituents is 1. The van der Waals surface area contributed by atoms with Gasteiger partial charge in [0, 0.05) is 12.1 Å². The van der Waals surface area contributed by atoms with Crippen LogP contribution in [0.15, 0.2) is 48.5 Å². The minimum atomic E-state index is -0.725. The monoisotopic (exact) mass is 327 g/mol. The molecule has 0 amide bonds. The number of benzene rings is 2. The average Bonchev–Trinajstić information content (AvgIpc) is 2.89. The molecule has 1 atom stereocenters. The van der Waals surface area contributed by atoms with E-state index >= 15 is 0 Å². The van der Waals surface area contributed by atoms with E-state index in [1.807, 2.05) is 35.8 Å². The molecule has 3 aromatic rings. The third kappa shape index (κ3) is 3.36. The lowest BCUT2D eigenvalue weighted by Crippen LogP contribution is -2.24. The largest absolute Gasteiger partial charge is 0.491 e. The second kappa shape index (κ2) is 6.67. The Labute approximate surface area is 138 Å². The van der Waals surface area contributed by atoms with E-state index in [2.05, 4.69) is 4.98 Å². The SMILES string of the molecule is Cc1nc2ccccc2n1C[C@H](O)COc1ccc([N+](=O)[O-])cc1. The van der Waals surface area contributed by atoms with Gasteiger partial charge in [-0.1, -0.05) is 12.1 Å². The van der Waals surface area contributed by atoms with Crippen molar-refractivity contribution in [2.75, 3.05) is 6.61 Å². The van der Waals surface area contributed by atoms with Crippen LogP contribution in [0.25, 0.3) is 11.0 Å². The zero-order valence-electron chi connectivity index (χ0n) is 13.1. The smallest absolute Gasteiger partial charge is 0.269 e. The van der Waals surface area contributed by atoms with Crippen LogP contribution >= 0.6 is 0 Å². The van der Waals surface area contributed by atoms with Crippen molar-refractivity contribution in [3.63, 3.8) is 0 Å². The zero-order chi connectivity index (χ0) is 17.1. The van der Waals surface area contributed by atoms with Crippen LogP contribution in [0.3, 0.4) is 0 Å². The van der Waals surface area contributed by atoms with E-state index in [0.717, 1.165) is 16.9 Å². The highest BCUT2D eigenvalue weighted by Gasteiger charge is 2.12. The summed E-state index contributed by atoms with van der Waals surface area (Å²) in [5.41, 5.74) is 1.85. The van der Waals surface area contributed by atoms with E-state index in [4.69, 9.17) is 4.74 Å². The maximum absolute atomic E-state index is 10.6. The Morgan fingerprint density at radius 2 is 1.96 bits per heavy atom. The summed E-state index contributed by atoms with van der Waals surface area (Å²) in [6, 6.07) is 13.5. The molecule has 0 radical (unpaired) electrons. The second-order valence-corrected chi connectivity index (χ2v) is 5.47. The van der Waals surface area contributed by atoms with Crippen LogP contribution in [0.2, 0.25) is 0 Å². The molecule has 7 nitrogen and oxygen atoms in total. The van der Waals surface area contributed by atoms with Crippen LogP contribution in [-0.2, 0) is 6.54 Å². The second-order valence-electron chi connectivity index (χ2n) is 5.47. The first-order valence-corrected chi connectivity index (χ1v) is 7.52. The van der Waals surface area contributed by atoms with Gasteiger partial charge in [0.25, 0.3) is 5.69 Å². The highest BCUT2D eigenvalue weighted by atomic mass is 16.6. The molecule has 3 rings (SSSR count). The molecule has 0 unspecified atom stereocenters.